The number of unbranched alkanes of at least 4 members (excludes halogenated alkanes) is 3. The van der Waals surface area contributed by atoms with Crippen LogP contribution < -0.4 is 76.1 Å². The summed E-state index contributed by atoms with van der Waals surface area (Å²) in [5.74, 6) is -5.74. The second kappa shape index (κ2) is 39.4. The summed E-state index contributed by atoms with van der Waals surface area (Å²) in [5, 5.41) is 88.7. The van der Waals surface area contributed by atoms with Crippen LogP contribution in [-0.2, 0) is 33.6 Å². The number of amides is 7. The van der Waals surface area contributed by atoms with Crippen LogP contribution in [0.4, 0.5) is 0 Å². The molecule has 0 fully saturated rings. The van der Waals surface area contributed by atoms with Gasteiger partial charge in [-0.25, -0.2) is 0 Å². The van der Waals surface area contributed by atoms with E-state index in [0.29, 0.717) is 64.8 Å². The predicted molar refractivity (Wildman–Crippen MR) is 260 cm³/mol. The summed E-state index contributed by atoms with van der Waals surface area (Å²) in [5.41, 5.74) is 22.9. The third-order valence-corrected chi connectivity index (χ3v) is 11.0. The number of rotatable bonds is 42. The van der Waals surface area contributed by atoms with E-state index in [0.717, 1.165) is 19.4 Å². The summed E-state index contributed by atoms with van der Waals surface area (Å²) in [6.07, 6.45) is -4.10. The van der Waals surface area contributed by atoms with Gasteiger partial charge in [-0.2, -0.15) is 0 Å². The molecular weight excluding hydrogens is 921 g/mol. The summed E-state index contributed by atoms with van der Waals surface area (Å²) < 4.78 is 0. The number of likely N-dealkylation sites (N-methyl/N-ethyl adjacent to an activating group) is 2. The molecule has 0 saturated heterocycles. The molecule has 0 heterocycles. The normalized spacial score (nSPS) is 16.1. The molecule has 0 aliphatic heterocycles. The molecule has 0 unspecified atom stereocenters. The predicted octanol–water partition coefficient (Wildman–Crippen LogP) is -8.63. The van der Waals surface area contributed by atoms with Gasteiger partial charge in [-0.15, -0.1) is 0 Å². The van der Waals surface area contributed by atoms with Crippen molar-refractivity contribution in [3.63, 3.8) is 0 Å². The molecule has 0 rings (SSSR count). The van der Waals surface area contributed by atoms with Crippen LogP contribution >= 0.6 is 0 Å². The highest BCUT2D eigenvalue weighted by Crippen LogP contribution is 2.12. The average Bonchev–Trinajstić information content (AvgIpc) is 3.31. The second-order valence-corrected chi connectivity index (χ2v) is 17.3. The molecule has 7 amide bonds. The number of carbonyl (C=O) groups is 7. The van der Waals surface area contributed by atoms with Crippen molar-refractivity contribution in [2.75, 3.05) is 79.6 Å². The molecule has 0 aliphatic rings. The van der Waals surface area contributed by atoms with Gasteiger partial charge in [0.1, 0.15) is 24.2 Å². The highest BCUT2D eigenvalue weighted by Gasteiger charge is 2.35. The Morgan fingerprint density at radius 2 is 1.11 bits per heavy atom. The Balaban J connectivity index is 5.58. The number of nitrogens with two attached hydrogens (primary N) is 4. The topological polar surface area (TPSA) is 465 Å². The Morgan fingerprint density at radius 3 is 1.71 bits per heavy atom. The number of carbonyl (C=O) groups excluding carboxylic acids is 7. The number of aliphatic hydroxyl groups excluding tert-OH is 6. The van der Waals surface area contributed by atoms with Crippen molar-refractivity contribution in [3.05, 3.63) is 0 Å². The lowest BCUT2D eigenvalue weighted by molar-refractivity contribution is -0.140. The van der Waals surface area contributed by atoms with Gasteiger partial charge in [0.2, 0.25) is 35.4 Å². The molecule has 0 aromatic carbocycles. The quantitative estimate of drug-likeness (QED) is 0.0253. The minimum absolute atomic E-state index is 0.0291. The van der Waals surface area contributed by atoms with Crippen LogP contribution in [0, 0.1) is 0 Å². The van der Waals surface area contributed by atoms with Gasteiger partial charge in [0, 0.05) is 38.5 Å². The largest absolute Gasteiger partial charge is 0.394 e. The van der Waals surface area contributed by atoms with E-state index in [-0.39, 0.29) is 38.9 Å². The van der Waals surface area contributed by atoms with E-state index < -0.39 is 128 Å². The summed E-state index contributed by atoms with van der Waals surface area (Å²) in [6.45, 7) is 3.09. The van der Waals surface area contributed by atoms with Crippen molar-refractivity contribution in [1.82, 2.24) is 53.2 Å². The summed E-state index contributed by atoms with van der Waals surface area (Å²) in [4.78, 5) is 91.3. The van der Waals surface area contributed by atoms with E-state index in [1.807, 2.05) is 0 Å². The highest BCUT2D eigenvalue weighted by atomic mass is 16.3. The van der Waals surface area contributed by atoms with Crippen LogP contribution in [0.5, 0.6) is 0 Å². The molecule has 0 spiro atoms. The Labute approximate surface area is 411 Å². The Kier molecular flexibility index (Phi) is 37.0. The lowest BCUT2D eigenvalue weighted by atomic mass is 9.99. The van der Waals surface area contributed by atoms with Crippen LogP contribution in [0.25, 0.3) is 0 Å². The Hall–Kier alpha value is -4.23. The van der Waals surface area contributed by atoms with Gasteiger partial charge < -0.3 is 107 Å². The third kappa shape index (κ3) is 29.2. The standard InChI is InChI=1S/C43H88N14O13/c1-26(53-43(70)38(65)34(62)19-27(59)11-4-6-13-44)39(66)55-31(23-49-3)41(68)57-37(29(47)12-5-7-14-45)42(69)56-32(25-58)33(61)20-28(60)21-35(63)54-30(22-48-2)40(67)52-24-36(64)51-18-10-17-50-16-9-8-15-46/h26-34,37-38,48-50,58-62,65H,4-25,44-47H2,1-3H3,(H,51,64)(H,52,67)(H,53,70)(H,54,63)(H,55,66)(H,56,69)(H,57,68)/t26-,27-,28+,29-,30+,31+,32+,33-,34+,37-,38-/m1/s1. The zero-order valence-electron chi connectivity index (χ0n) is 41.3. The molecule has 0 aromatic heterocycles. The molecular formula is C43H88N14O13. The number of hydrogen-bond acceptors (Lipinski definition) is 20. The fourth-order valence-corrected chi connectivity index (χ4v) is 6.87. The van der Waals surface area contributed by atoms with Crippen molar-refractivity contribution in [3.8, 4) is 0 Å². The first-order valence-corrected chi connectivity index (χ1v) is 24.2. The average molecular weight is 1010 g/mol. The molecule has 24 N–H and O–H groups in total. The molecule has 0 saturated carbocycles. The number of hydrogen-bond donors (Lipinski definition) is 20. The van der Waals surface area contributed by atoms with Gasteiger partial charge >= 0.3 is 0 Å². The van der Waals surface area contributed by atoms with Gasteiger partial charge in [0.15, 0.2) is 6.10 Å². The highest BCUT2D eigenvalue weighted by molar-refractivity contribution is 5.95. The fourth-order valence-electron chi connectivity index (χ4n) is 6.87. The smallest absolute Gasteiger partial charge is 0.252 e. The van der Waals surface area contributed by atoms with Crippen LogP contribution in [-0.4, -0.2) is 218 Å². The monoisotopic (exact) mass is 1010 g/mol. The van der Waals surface area contributed by atoms with Crippen LogP contribution in [0.2, 0.25) is 0 Å². The molecule has 27 heteroatoms. The zero-order chi connectivity index (χ0) is 53.0. The zero-order valence-corrected chi connectivity index (χ0v) is 41.3. The first-order chi connectivity index (χ1) is 33.3. The molecule has 408 valence electrons. The van der Waals surface area contributed by atoms with E-state index in [9.17, 15) is 64.2 Å². The summed E-state index contributed by atoms with van der Waals surface area (Å²) in [7, 11) is 3.01. The maximum Gasteiger partial charge on any atom is 0.252 e. The lowest BCUT2D eigenvalue weighted by Crippen LogP contribution is -2.63. The SMILES string of the molecule is CNC[C@H](NC(=O)C[C@@H](O)C[C@@H](O)[C@H](CO)NC(=O)[C@H](NC(=O)[C@H](CNC)NC(=O)[C@@H](C)NC(=O)[C@H](O)[C@@H](O)C[C@H](O)CCCCN)[C@H](N)CCCCN)C(=O)NCC(=O)NCCCNCCCCN. The molecule has 11 atom stereocenters. The van der Waals surface area contributed by atoms with Crippen molar-refractivity contribution in [2.45, 2.75) is 151 Å². The Morgan fingerprint density at radius 1 is 0.543 bits per heavy atom. The third-order valence-electron chi connectivity index (χ3n) is 11.0. The second-order valence-electron chi connectivity index (χ2n) is 17.3. The van der Waals surface area contributed by atoms with Gasteiger partial charge in [0.25, 0.3) is 5.91 Å². The molecule has 0 aliphatic carbocycles. The number of aliphatic hydroxyl groups is 6. The van der Waals surface area contributed by atoms with Crippen molar-refractivity contribution >= 4 is 41.4 Å². The molecule has 0 aromatic rings. The van der Waals surface area contributed by atoms with E-state index >= 15 is 0 Å². The fraction of sp³-hybridized carbons (Fsp3) is 0.837. The molecule has 70 heavy (non-hydrogen) atoms. The van der Waals surface area contributed by atoms with Gasteiger partial charge in [-0.05, 0) is 105 Å². The van der Waals surface area contributed by atoms with E-state index in [1.165, 1.54) is 21.0 Å². The molecule has 0 bridgehead atoms. The number of nitrogens with one attached hydrogen (secondary N) is 10. The van der Waals surface area contributed by atoms with E-state index in [2.05, 4.69) is 53.2 Å². The first-order valence-electron chi connectivity index (χ1n) is 24.2. The van der Waals surface area contributed by atoms with Crippen molar-refractivity contribution in [2.24, 2.45) is 22.9 Å². The van der Waals surface area contributed by atoms with Gasteiger partial charge in [-0.1, -0.05) is 6.42 Å². The first kappa shape index (κ1) is 65.8. The van der Waals surface area contributed by atoms with Crippen LogP contribution in [0.3, 0.4) is 0 Å². The maximum atomic E-state index is 13.8. The van der Waals surface area contributed by atoms with Gasteiger partial charge in [0.05, 0.1) is 50.0 Å². The van der Waals surface area contributed by atoms with E-state index in [1.54, 1.807) is 0 Å². The lowest BCUT2D eigenvalue weighted by Gasteiger charge is -2.30. The van der Waals surface area contributed by atoms with Crippen LogP contribution in [0.15, 0.2) is 0 Å². The molecule has 0 radical (unpaired) electrons. The van der Waals surface area contributed by atoms with Crippen molar-refractivity contribution in [1.29, 1.82) is 0 Å². The Bertz CT molecular complexity index is 1510. The minimum Gasteiger partial charge on any atom is -0.394 e. The molecule has 27 nitrogen and oxygen atoms in total. The van der Waals surface area contributed by atoms with Crippen molar-refractivity contribution < 1.29 is 64.2 Å². The summed E-state index contributed by atoms with van der Waals surface area (Å²) >= 11 is 0. The maximum absolute atomic E-state index is 13.8. The van der Waals surface area contributed by atoms with Gasteiger partial charge in [-0.3, -0.25) is 33.6 Å². The van der Waals surface area contributed by atoms with Crippen LogP contribution in [0.1, 0.15) is 84.0 Å². The minimum atomic E-state index is -1.99. The summed E-state index contributed by atoms with van der Waals surface area (Å²) in [6, 6.07) is -7.88. The van der Waals surface area contributed by atoms with E-state index in [4.69, 9.17) is 22.9 Å².